The van der Waals surface area contributed by atoms with Gasteiger partial charge in [-0.3, -0.25) is 4.79 Å². The second-order valence-corrected chi connectivity index (χ2v) is 6.95. The van der Waals surface area contributed by atoms with Crippen LogP contribution in [0.4, 0.5) is 0 Å². The lowest BCUT2D eigenvalue weighted by molar-refractivity contribution is -0.133. The van der Waals surface area contributed by atoms with Gasteiger partial charge in [0.15, 0.2) is 11.5 Å². The molecular formula is C14H17NO6S. The molecule has 0 bridgehead atoms. The number of sulfonamides is 1. The van der Waals surface area contributed by atoms with E-state index in [9.17, 15) is 13.2 Å². The normalized spacial score (nSPS) is 20.7. The van der Waals surface area contributed by atoms with Crippen molar-refractivity contribution in [1.82, 2.24) is 4.72 Å². The lowest BCUT2D eigenvalue weighted by atomic mass is 10.1. The monoisotopic (exact) mass is 327 g/mol. The van der Waals surface area contributed by atoms with Gasteiger partial charge in [0, 0.05) is 12.7 Å². The van der Waals surface area contributed by atoms with E-state index in [-0.39, 0.29) is 11.7 Å². The summed E-state index contributed by atoms with van der Waals surface area (Å²) in [6, 6.07) is 2.95. The Morgan fingerprint density at radius 2 is 1.95 bits per heavy atom. The molecular weight excluding hydrogens is 310 g/mol. The fraction of sp³-hybridized carbons (Fsp3) is 0.500. The quantitative estimate of drug-likeness (QED) is 0.894. The van der Waals surface area contributed by atoms with E-state index in [1.54, 1.807) is 13.0 Å². The van der Waals surface area contributed by atoms with Crippen LogP contribution in [0.15, 0.2) is 17.0 Å². The molecule has 1 unspecified atom stereocenters. The highest BCUT2D eigenvalue weighted by molar-refractivity contribution is 7.90. The number of ether oxygens (including phenoxy) is 3. The molecule has 2 heterocycles. The number of carbonyl (C=O) groups excluding carboxylic acids is 1. The lowest BCUT2D eigenvalue weighted by Gasteiger charge is -2.21. The molecule has 7 nitrogen and oxygen atoms in total. The van der Waals surface area contributed by atoms with Crippen molar-refractivity contribution in [3.8, 4) is 11.5 Å². The fourth-order valence-corrected chi connectivity index (χ4v) is 3.77. The maximum absolute atomic E-state index is 12.4. The van der Waals surface area contributed by atoms with E-state index in [0.29, 0.717) is 30.1 Å². The SMILES string of the molecule is Cc1cc2c(cc1S(=O)(=O)NC(=O)C1CCCCO1)OCO2. The van der Waals surface area contributed by atoms with E-state index >= 15 is 0 Å². The van der Waals surface area contributed by atoms with Gasteiger partial charge in [0.25, 0.3) is 15.9 Å². The van der Waals surface area contributed by atoms with Crippen molar-refractivity contribution in [3.05, 3.63) is 17.7 Å². The molecule has 1 fully saturated rings. The zero-order valence-electron chi connectivity index (χ0n) is 12.1. The molecule has 0 spiro atoms. The minimum absolute atomic E-state index is 0.000842. The number of carbonyl (C=O) groups is 1. The molecule has 120 valence electrons. The maximum atomic E-state index is 12.4. The molecule has 22 heavy (non-hydrogen) atoms. The molecule has 2 aliphatic rings. The van der Waals surface area contributed by atoms with E-state index in [0.717, 1.165) is 12.8 Å². The summed E-state index contributed by atoms with van der Waals surface area (Å²) in [5.41, 5.74) is 0.481. The topological polar surface area (TPSA) is 90.9 Å². The number of rotatable bonds is 3. The summed E-state index contributed by atoms with van der Waals surface area (Å²) < 4.78 is 42.6. The lowest BCUT2D eigenvalue weighted by Crippen LogP contribution is -2.41. The van der Waals surface area contributed by atoms with Gasteiger partial charge in [-0.1, -0.05) is 0 Å². The summed E-state index contributed by atoms with van der Waals surface area (Å²) in [4.78, 5) is 12.1. The van der Waals surface area contributed by atoms with E-state index in [4.69, 9.17) is 14.2 Å². The van der Waals surface area contributed by atoms with E-state index in [1.807, 2.05) is 0 Å². The van der Waals surface area contributed by atoms with Gasteiger partial charge in [0.2, 0.25) is 6.79 Å². The van der Waals surface area contributed by atoms with Gasteiger partial charge in [-0.15, -0.1) is 0 Å². The Labute approximate surface area is 128 Å². The minimum Gasteiger partial charge on any atom is -0.454 e. The number of nitrogens with one attached hydrogen (secondary N) is 1. The van der Waals surface area contributed by atoms with Crippen LogP contribution in [0.3, 0.4) is 0 Å². The molecule has 1 N–H and O–H groups in total. The Balaban J connectivity index is 1.82. The molecule has 0 aliphatic carbocycles. The van der Waals surface area contributed by atoms with Crippen molar-refractivity contribution < 1.29 is 27.4 Å². The van der Waals surface area contributed by atoms with Crippen molar-refractivity contribution >= 4 is 15.9 Å². The van der Waals surface area contributed by atoms with Crippen molar-refractivity contribution in [2.75, 3.05) is 13.4 Å². The third kappa shape index (κ3) is 2.89. The highest BCUT2D eigenvalue weighted by atomic mass is 32.2. The van der Waals surface area contributed by atoms with Gasteiger partial charge in [-0.25, -0.2) is 13.1 Å². The summed E-state index contributed by atoms with van der Waals surface area (Å²) in [7, 11) is -3.98. The Morgan fingerprint density at radius 1 is 1.23 bits per heavy atom. The predicted octanol–water partition coefficient (Wildman–Crippen LogP) is 1.10. The second-order valence-electron chi connectivity index (χ2n) is 5.30. The highest BCUT2D eigenvalue weighted by Gasteiger charge is 2.29. The summed E-state index contributed by atoms with van der Waals surface area (Å²) in [6.45, 7) is 2.17. The second kappa shape index (κ2) is 5.77. The fourth-order valence-electron chi connectivity index (χ4n) is 2.52. The van der Waals surface area contributed by atoms with Crippen LogP contribution in [0.2, 0.25) is 0 Å². The van der Waals surface area contributed by atoms with Crippen LogP contribution in [-0.4, -0.2) is 33.8 Å². The third-order valence-electron chi connectivity index (χ3n) is 3.67. The van der Waals surface area contributed by atoms with Crippen LogP contribution < -0.4 is 14.2 Å². The maximum Gasteiger partial charge on any atom is 0.264 e. The van der Waals surface area contributed by atoms with Gasteiger partial charge in [0.05, 0.1) is 4.90 Å². The van der Waals surface area contributed by atoms with Crippen molar-refractivity contribution in [3.63, 3.8) is 0 Å². The van der Waals surface area contributed by atoms with Crippen molar-refractivity contribution in [1.29, 1.82) is 0 Å². The smallest absolute Gasteiger partial charge is 0.264 e. The van der Waals surface area contributed by atoms with Crippen LogP contribution in [0.1, 0.15) is 24.8 Å². The van der Waals surface area contributed by atoms with Gasteiger partial charge in [0.1, 0.15) is 6.10 Å². The first-order valence-corrected chi connectivity index (χ1v) is 8.54. The minimum atomic E-state index is -3.98. The Kier molecular flexibility index (Phi) is 3.96. The zero-order chi connectivity index (χ0) is 15.7. The molecule has 1 amide bonds. The Morgan fingerprint density at radius 3 is 2.64 bits per heavy atom. The first-order valence-electron chi connectivity index (χ1n) is 7.06. The van der Waals surface area contributed by atoms with Gasteiger partial charge >= 0.3 is 0 Å². The largest absolute Gasteiger partial charge is 0.454 e. The van der Waals surface area contributed by atoms with Gasteiger partial charge < -0.3 is 14.2 Å². The molecule has 0 aromatic heterocycles. The number of fused-ring (bicyclic) bond motifs is 1. The Bertz CT molecular complexity index is 694. The van der Waals surface area contributed by atoms with Gasteiger partial charge in [-0.05, 0) is 37.8 Å². The number of benzene rings is 1. The first kappa shape index (κ1) is 15.1. The number of hydrogen-bond acceptors (Lipinski definition) is 6. The number of hydrogen-bond donors (Lipinski definition) is 1. The summed E-state index contributed by atoms with van der Waals surface area (Å²) >= 11 is 0. The average molecular weight is 327 g/mol. The average Bonchev–Trinajstić information content (AvgIpc) is 2.94. The van der Waals surface area contributed by atoms with E-state index in [1.165, 1.54) is 6.07 Å². The molecule has 8 heteroatoms. The van der Waals surface area contributed by atoms with E-state index in [2.05, 4.69) is 4.72 Å². The highest BCUT2D eigenvalue weighted by Crippen LogP contribution is 2.36. The molecule has 2 aliphatic heterocycles. The molecule has 3 rings (SSSR count). The van der Waals surface area contributed by atoms with Crippen LogP contribution in [0, 0.1) is 6.92 Å². The molecule has 1 atom stereocenters. The van der Waals surface area contributed by atoms with Gasteiger partial charge in [-0.2, -0.15) is 0 Å². The summed E-state index contributed by atoms with van der Waals surface area (Å²) in [5.74, 6) is 0.225. The zero-order valence-corrected chi connectivity index (χ0v) is 12.9. The number of aryl methyl sites for hydroxylation is 1. The summed E-state index contributed by atoms with van der Waals surface area (Å²) in [5, 5.41) is 0. The van der Waals surface area contributed by atoms with Crippen LogP contribution in [0.5, 0.6) is 11.5 Å². The van der Waals surface area contributed by atoms with Crippen molar-refractivity contribution in [2.24, 2.45) is 0 Å². The predicted molar refractivity (Wildman–Crippen MR) is 76.2 cm³/mol. The van der Waals surface area contributed by atoms with Crippen LogP contribution in [-0.2, 0) is 19.6 Å². The standard InChI is InChI=1S/C14H17NO6S/c1-9-6-11-12(21-8-20-11)7-13(9)22(17,18)15-14(16)10-4-2-3-5-19-10/h6-7,10H,2-5,8H2,1H3,(H,15,16). The molecule has 1 saturated heterocycles. The number of amides is 1. The van der Waals surface area contributed by atoms with Crippen molar-refractivity contribution in [2.45, 2.75) is 37.2 Å². The molecule has 0 radical (unpaired) electrons. The first-order chi connectivity index (χ1) is 10.5. The van der Waals surface area contributed by atoms with E-state index < -0.39 is 22.0 Å². The molecule has 1 aromatic rings. The van der Waals surface area contributed by atoms with Crippen LogP contribution >= 0.6 is 0 Å². The molecule has 0 saturated carbocycles. The Hall–Kier alpha value is -1.80. The van der Waals surface area contributed by atoms with Crippen LogP contribution in [0.25, 0.3) is 0 Å². The summed E-state index contributed by atoms with van der Waals surface area (Å²) in [6.07, 6.45) is 1.55. The molecule has 1 aromatic carbocycles. The third-order valence-corrected chi connectivity index (χ3v) is 5.16.